The zero-order valence-corrected chi connectivity index (χ0v) is 20.4. The predicted octanol–water partition coefficient (Wildman–Crippen LogP) is 5.39. The van der Waals surface area contributed by atoms with Crippen LogP contribution in [0.5, 0.6) is 11.5 Å². The first-order valence-corrected chi connectivity index (χ1v) is 11.7. The maximum absolute atomic E-state index is 13.9. The molecule has 0 saturated heterocycles. The van der Waals surface area contributed by atoms with Crippen molar-refractivity contribution >= 4 is 5.91 Å². The maximum atomic E-state index is 13.9. The van der Waals surface area contributed by atoms with Crippen LogP contribution in [0.2, 0.25) is 0 Å². The highest BCUT2D eigenvalue weighted by Crippen LogP contribution is 2.36. The van der Waals surface area contributed by atoms with Crippen molar-refractivity contribution in [2.45, 2.75) is 46.2 Å². The molecule has 1 amide bonds. The van der Waals surface area contributed by atoms with Crippen LogP contribution in [-0.4, -0.2) is 24.6 Å². The first-order valence-electron chi connectivity index (χ1n) is 11.7. The zero-order chi connectivity index (χ0) is 25.5. The highest BCUT2D eigenvalue weighted by Gasteiger charge is 2.25. The Hall–Kier alpha value is -3.46. The van der Waals surface area contributed by atoms with Gasteiger partial charge in [-0.2, -0.15) is 0 Å². The summed E-state index contributed by atoms with van der Waals surface area (Å²) in [5.74, 6) is 0.0600. The summed E-state index contributed by atoms with van der Waals surface area (Å²) in [6, 6.07) is 7.77. The number of nitrogens with zero attached hydrogens (tertiary/aromatic N) is 1. The van der Waals surface area contributed by atoms with Crippen molar-refractivity contribution in [3.05, 3.63) is 65.1 Å². The van der Waals surface area contributed by atoms with Crippen LogP contribution >= 0.6 is 0 Å². The summed E-state index contributed by atoms with van der Waals surface area (Å²) in [7, 11) is 1.56. The first kappa shape index (κ1) is 26.2. The number of ether oxygens (including phenoxy) is 2. The summed E-state index contributed by atoms with van der Waals surface area (Å²) in [5, 5.41) is 2.58. The molecule has 3 aromatic rings. The molecule has 1 heterocycles. The molecule has 9 heteroatoms. The molecule has 0 aliphatic heterocycles. The van der Waals surface area contributed by atoms with Gasteiger partial charge in [-0.15, -0.1) is 0 Å². The number of amides is 1. The molecule has 35 heavy (non-hydrogen) atoms. The van der Waals surface area contributed by atoms with Gasteiger partial charge in [-0.25, -0.2) is 13.8 Å². The molecule has 4 rings (SSSR count). The molecule has 7 nitrogen and oxygen atoms in total. The van der Waals surface area contributed by atoms with E-state index in [0.717, 1.165) is 25.0 Å². The van der Waals surface area contributed by atoms with Gasteiger partial charge in [0, 0.05) is 23.7 Å². The molecule has 1 aliphatic rings. The second-order valence-corrected chi connectivity index (χ2v) is 8.06. The van der Waals surface area contributed by atoms with E-state index in [2.05, 4.69) is 10.3 Å². The highest BCUT2D eigenvalue weighted by atomic mass is 19.1. The zero-order valence-electron chi connectivity index (χ0n) is 20.4. The third-order valence-corrected chi connectivity index (χ3v) is 5.32. The van der Waals surface area contributed by atoms with Gasteiger partial charge in [-0.3, -0.25) is 4.79 Å². The van der Waals surface area contributed by atoms with Crippen LogP contribution in [0.15, 0.2) is 40.8 Å². The van der Waals surface area contributed by atoms with Crippen molar-refractivity contribution < 1.29 is 27.5 Å². The lowest BCUT2D eigenvalue weighted by Crippen LogP contribution is -2.25. The van der Waals surface area contributed by atoms with Gasteiger partial charge in [0.25, 0.3) is 5.91 Å². The Morgan fingerprint density at radius 3 is 2.57 bits per heavy atom. The fraction of sp³-hybridized carbons (Fsp3) is 0.385. The minimum absolute atomic E-state index is 0.00112. The van der Waals surface area contributed by atoms with Crippen molar-refractivity contribution in [1.82, 2.24) is 10.3 Å². The van der Waals surface area contributed by atoms with Gasteiger partial charge < -0.3 is 24.9 Å². The molecule has 2 aromatic carbocycles. The van der Waals surface area contributed by atoms with Crippen LogP contribution < -0.4 is 20.5 Å². The summed E-state index contributed by atoms with van der Waals surface area (Å²) in [6.45, 7) is 6.12. The molecule has 0 radical (unpaired) electrons. The molecule has 0 spiro atoms. The molecule has 1 atom stereocenters. The summed E-state index contributed by atoms with van der Waals surface area (Å²) >= 11 is 0. The fourth-order valence-corrected chi connectivity index (χ4v) is 3.27. The largest absolute Gasteiger partial charge is 0.493 e. The monoisotopic (exact) mass is 487 g/mol. The second kappa shape index (κ2) is 11.8. The molecule has 188 valence electrons. The highest BCUT2D eigenvalue weighted by molar-refractivity contribution is 5.94. The van der Waals surface area contributed by atoms with E-state index >= 15 is 0 Å². The van der Waals surface area contributed by atoms with E-state index in [1.54, 1.807) is 32.2 Å². The molecule has 1 fully saturated rings. The third kappa shape index (κ3) is 6.57. The number of nitrogens with one attached hydrogen (secondary N) is 1. The lowest BCUT2D eigenvalue weighted by Gasteiger charge is -2.11. The quantitative estimate of drug-likeness (QED) is 0.420. The number of hydrogen-bond donors (Lipinski definition) is 2. The van der Waals surface area contributed by atoms with E-state index in [9.17, 15) is 13.6 Å². The summed E-state index contributed by atoms with van der Waals surface area (Å²) < 4.78 is 44.1. The van der Waals surface area contributed by atoms with E-state index in [-0.39, 0.29) is 29.5 Å². The standard InChI is InChI=1S/C24H25F2N3O4.C2H6/c1-13(27)22-21(23(30)28-11-16-5-7-17(25)10-18(16)26)29-24(33-22)15-6-8-19(31-2)20(9-15)32-12-14-3-4-14;1-2/h5-10,13-14H,3-4,11-12,27H2,1-2H3,(H,28,30);1-2H3. The molecule has 1 aliphatic carbocycles. The second-order valence-electron chi connectivity index (χ2n) is 8.06. The van der Waals surface area contributed by atoms with Crippen LogP contribution in [0.3, 0.4) is 0 Å². The number of rotatable bonds is 9. The third-order valence-electron chi connectivity index (χ3n) is 5.32. The Morgan fingerprint density at radius 2 is 1.94 bits per heavy atom. The van der Waals surface area contributed by atoms with E-state index in [4.69, 9.17) is 19.6 Å². The van der Waals surface area contributed by atoms with Crippen molar-refractivity contribution in [2.75, 3.05) is 13.7 Å². The Labute approximate surface area is 203 Å². The van der Waals surface area contributed by atoms with E-state index in [0.29, 0.717) is 29.6 Å². The number of aromatic nitrogens is 1. The summed E-state index contributed by atoms with van der Waals surface area (Å²) in [5.41, 5.74) is 6.73. The number of benzene rings is 2. The average Bonchev–Trinajstić information content (AvgIpc) is 3.58. The van der Waals surface area contributed by atoms with Crippen LogP contribution in [0.25, 0.3) is 11.5 Å². The van der Waals surface area contributed by atoms with E-state index < -0.39 is 23.6 Å². The van der Waals surface area contributed by atoms with Crippen LogP contribution in [0.1, 0.15) is 61.5 Å². The maximum Gasteiger partial charge on any atom is 0.273 e. The number of carbonyl (C=O) groups is 1. The molecule has 3 N–H and O–H groups in total. The Balaban J connectivity index is 0.00000167. The van der Waals surface area contributed by atoms with Gasteiger partial charge in [0.2, 0.25) is 5.89 Å². The number of oxazole rings is 1. The Morgan fingerprint density at radius 1 is 1.20 bits per heavy atom. The SMILES string of the molecule is CC.COc1ccc(-c2nc(C(=O)NCc3ccc(F)cc3F)c(C(C)N)o2)cc1OCC1CC1. The van der Waals surface area contributed by atoms with E-state index in [1.807, 2.05) is 13.8 Å². The molecule has 1 aromatic heterocycles. The molecule has 1 unspecified atom stereocenters. The smallest absolute Gasteiger partial charge is 0.273 e. The fourth-order valence-electron chi connectivity index (χ4n) is 3.27. The molecule has 0 bridgehead atoms. The minimum atomic E-state index is -0.750. The predicted molar refractivity (Wildman–Crippen MR) is 128 cm³/mol. The number of nitrogens with two attached hydrogens (primary N) is 1. The lowest BCUT2D eigenvalue weighted by atomic mass is 10.2. The number of halogens is 2. The Kier molecular flexibility index (Phi) is 8.81. The lowest BCUT2D eigenvalue weighted by molar-refractivity contribution is 0.0943. The molecular weight excluding hydrogens is 456 g/mol. The number of methoxy groups -OCH3 is 1. The number of carbonyl (C=O) groups excluding carboxylic acids is 1. The van der Waals surface area contributed by atoms with Crippen molar-refractivity contribution in [2.24, 2.45) is 11.7 Å². The van der Waals surface area contributed by atoms with Gasteiger partial charge >= 0.3 is 0 Å². The summed E-state index contributed by atoms with van der Waals surface area (Å²) in [6.07, 6.45) is 2.31. The topological polar surface area (TPSA) is 99.6 Å². The van der Waals surface area contributed by atoms with Crippen LogP contribution in [0, 0.1) is 17.6 Å². The summed E-state index contributed by atoms with van der Waals surface area (Å²) in [4.78, 5) is 17.1. The molecular formula is C26H31F2N3O4. The van der Waals surface area contributed by atoms with Gasteiger partial charge in [0.1, 0.15) is 11.6 Å². The normalized spacial score (nSPS) is 13.5. The van der Waals surface area contributed by atoms with Crippen LogP contribution in [-0.2, 0) is 6.54 Å². The van der Waals surface area contributed by atoms with Gasteiger partial charge in [-0.05, 0) is 49.9 Å². The van der Waals surface area contributed by atoms with Crippen LogP contribution in [0.4, 0.5) is 8.78 Å². The first-order chi connectivity index (χ1) is 16.9. The van der Waals surface area contributed by atoms with E-state index in [1.165, 1.54) is 6.07 Å². The van der Waals surface area contributed by atoms with Gasteiger partial charge in [0.05, 0.1) is 19.8 Å². The van der Waals surface area contributed by atoms with Gasteiger partial charge in [-0.1, -0.05) is 19.9 Å². The van der Waals surface area contributed by atoms with Gasteiger partial charge in [0.15, 0.2) is 23.0 Å². The average molecular weight is 488 g/mol. The van der Waals surface area contributed by atoms with Crippen molar-refractivity contribution in [1.29, 1.82) is 0 Å². The molecule has 1 saturated carbocycles. The minimum Gasteiger partial charge on any atom is -0.493 e. The van der Waals surface area contributed by atoms with Crippen molar-refractivity contribution in [3.63, 3.8) is 0 Å². The Bertz CT molecular complexity index is 1160. The van der Waals surface area contributed by atoms with Crippen molar-refractivity contribution in [3.8, 4) is 23.0 Å². The number of hydrogen-bond acceptors (Lipinski definition) is 6.